The number of ether oxygens (including phenoxy) is 1. The Labute approximate surface area is 163 Å². The van der Waals surface area contributed by atoms with Gasteiger partial charge in [-0.3, -0.25) is 0 Å². The fraction of sp³-hybridized carbons (Fsp3) is 0.368. The summed E-state index contributed by atoms with van der Waals surface area (Å²) in [6.45, 7) is 3.57. The normalized spacial score (nSPS) is 20.0. The number of aryl methyl sites for hydroxylation is 1. The van der Waals surface area contributed by atoms with Gasteiger partial charge in [0, 0.05) is 11.6 Å². The number of hydrogen-bond donors (Lipinski definition) is 0. The molecule has 1 aliphatic heterocycles. The van der Waals surface area contributed by atoms with Crippen LogP contribution in [0.4, 0.5) is 0 Å². The maximum absolute atomic E-state index is 12.1. The van der Waals surface area contributed by atoms with E-state index in [0.29, 0.717) is 22.8 Å². The number of carbonyl (C=O) groups excluding carboxylic acids is 1. The first kappa shape index (κ1) is 19.6. The molecule has 1 aromatic carbocycles. The van der Waals surface area contributed by atoms with Gasteiger partial charge in [-0.15, -0.1) is 0 Å². The van der Waals surface area contributed by atoms with E-state index in [2.05, 4.69) is 5.10 Å². The summed E-state index contributed by atoms with van der Waals surface area (Å²) >= 11 is 6.39. The van der Waals surface area contributed by atoms with Crippen molar-refractivity contribution in [3.8, 4) is 0 Å². The number of sulfone groups is 1. The van der Waals surface area contributed by atoms with Gasteiger partial charge in [0.05, 0.1) is 23.2 Å². The third-order valence-electron chi connectivity index (χ3n) is 4.57. The van der Waals surface area contributed by atoms with Crippen LogP contribution >= 0.6 is 11.6 Å². The lowest BCUT2D eigenvalue weighted by molar-refractivity contribution is -0.142. The van der Waals surface area contributed by atoms with Gasteiger partial charge in [0.2, 0.25) is 0 Å². The van der Waals surface area contributed by atoms with Crippen LogP contribution < -0.4 is 0 Å². The molecule has 27 heavy (non-hydrogen) atoms. The number of hydrogen-bond acceptors (Lipinski definition) is 5. The average molecular weight is 409 g/mol. The molecule has 1 saturated heterocycles. The monoisotopic (exact) mass is 408 g/mol. The highest BCUT2D eigenvalue weighted by molar-refractivity contribution is 7.91. The number of esters is 1. The van der Waals surface area contributed by atoms with Crippen molar-refractivity contribution in [3.05, 3.63) is 58.4 Å². The van der Waals surface area contributed by atoms with Crippen LogP contribution in [-0.4, -0.2) is 35.7 Å². The maximum atomic E-state index is 12.1. The smallest absolute Gasteiger partial charge is 0.331 e. The fourth-order valence-corrected chi connectivity index (χ4v) is 5.16. The summed E-state index contributed by atoms with van der Waals surface area (Å²) in [5.41, 5.74) is 2.12. The molecule has 8 heteroatoms. The van der Waals surface area contributed by atoms with Crippen LogP contribution in [0.3, 0.4) is 0 Å². The molecule has 2 aromatic rings. The summed E-state index contributed by atoms with van der Waals surface area (Å²) in [5, 5.41) is 4.69. The molecule has 0 bridgehead atoms. The zero-order chi connectivity index (χ0) is 19.6. The molecule has 2 heterocycles. The Balaban J connectivity index is 1.71. The van der Waals surface area contributed by atoms with Crippen molar-refractivity contribution in [2.75, 3.05) is 11.5 Å². The predicted molar refractivity (Wildman–Crippen MR) is 104 cm³/mol. The van der Waals surface area contributed by atoms with Crippen LogP contribution in [0.25, 0.3) is 6.08 Å². The van der Waals surface area contributed by atoms with E-state index in [4.69, 9.17) is 16.3 Å². The van der Waals surface area contributed by atoms with E-state index in [0.717, 1.165) is 5.56 Å². The van der Waals surface area contributed by atoms with E-state index < -0.39 is 15.8 Å². The molecule has 1 fully saturated rings. The Morgan fingerprint density at radius 3 is 2.70 bits per heavy atom. The van der Waals surface area contributed by atoms with Crippen molar-refractivity contribution in [2.24, 2.45) is 0 Å². The Hall–Kier alpha value is -2.12. The highest BCUT2D eigenvalue weighted by Gasteiger charge is 2.31. The second-order valence-corrected chi connectivity index (χ2v) is 9.20. The molecular weight excluding hydrogens is 388 g/mol. The number of aromatic nitrogens is 2. The van der Waals surface area contributed by atoms with Crippen LogP contribution in [0.2, 0.25) is 5.15 Å². The summed E-state index contributed by atoms with van der Waals surface area (Å²) in [6, 6.07) is 9.18. The highest BCUT2D eigenvalue weighted by Crippen LogP contribution is 2.30. The van der Waals surface area contributed by atoms with Gasteiger partial charge in [-0.25, -0.2) is 17.9 Å². The summed E-state index contributed by atoms with van der Waals surface area (Å²) in [7, 11) is -3.04. The van der Waals surface area contributed by atoms with Crippen molar-refractivity contribution in [3.63, 3.8) is 0 Å². The molecule has 0 N–H and O–H groups in total. The molecule has 144 valence electrons. The lowest BCUT2D eigenvalue weighted by Crippen LogP contribution is -2.12. The first-order chi connectivity index (χ1) is 12.8. The molecule has 0 amide bonds. The molecule has 0 spiro atoms. The van der Waals surface area contributed by atoms with E-state index in [1.807, 2.05) is 30.3 Å². The lowest BCUT2D eigenvalue weighted by atomic mass is 10.1. The van der Waals surface area contributed by atoms with Gasteiger partial charge in [0.25, 0.3) is 0 Å². The van der Waals surface area contributed by atoms with Crippen LogP contribution in [0.15, 0.2) is 36.4 Å². The van der Waals surface area contributed by atoms with E-state index in [1.165, 1.54) is 6.08 Å². The Bertz CT molecular complexity index is 967. The first-order valence-corrected chi connectivity index (χ1v) is 10.9. The topological polar surface area (TPSA) is 78.3 Å². The molecule has 6 nitrogen and oxygen atoms in total. The number of halogens is 1. The molecule has 2 atom stereocenters. The fourth-order valence-electron chi connectivity index (χ4n) is 3.09. The van der Waals surface area contributed by atoms with Gasteiger partial charge in [-0.2, -0.15) is 5.10 Å². The zero-order valence-electron chi connectivity index (χ0n) is 15.1. The van der Waals surface area contributed by atoms with Crippen LogP contribution in [0.1, 0.15) is 42.3 Å². The summed E-state index contributed by atoms with van der Waals surface area (Å²) in [4.78, 5) is 12.1. The molecule has 0 unspecified atom stereocenters. The van der Waals surface area contributed by atoms with Crippen LogP contribution in [0, 0.1) is 6.92 Å². The number of nitrogens with zero attached hydrogens (tertiary/aromatic N) is 2. The van der Waals surface area contributed by atoms with Gasteiger partial charge in [0.1, 0.15) is 11.3 Å². The van der Waals surface area contributed by atoms with E-state index >= 15 is 0 Å². The molecule has 0 radical (unpaired) electrons. The van der Waals surface area contributed by atoms with Gasteiger partial charge in [-0.05, 0) is 31.9 Å². The van der Waals surface area contributed by atoms with E-state index in [1.54, 1.807) is 24.6 Å². The quantitative estimate of drug-likeness (QED) is 0.558. The SMILES string of the molecule is Cc1nn([C@H]2CCS(=O)(=O)C2)c(Cl)c1/C=C/C(=O)O[C@@H](C)c1ccccc1. The van der Waals surface area contributed by atoms with Crippen molar-refractivity contribution in [1.82, 2.24) is 9.78 Å². The molecule has 3 rings (SSSR count). The first-order valence-electron chi connectivity index (χ1n) is 8.65. The van der Waals surface area contributed by atoms with Crippen LogP contribution in [0.5, 0.6) is 0 Å². The van der Waals surface area contributed by atoms with Crippen LogP contribution in [-0.2, 0) is 19.4 Å². The molecule has 1 aliphatic rings. The molecule has 1 aromatic heterocycles. The Morgan fingerprint density at radius 2 is 2.07 bits per heavy atom. The minimum Gasteiger partial charge on any atom is -0.455 e. The minimum atomic E-state index is -3.04. The number of rotatable bonds is 5. The lowest BCUT2D eigenvalue weighted by Gasteiger charge is -2.11. The molecule has 0 saturated carbocycles. The summed E-state index contributed by atoms with van der Waals surface area (Å²) in [5.74, 6) is -0.312. The maximum Gasteiger partial charge on any atom is 0.331 e. The third-order valence-corrected chi connectivity index (χ3v) is 6.70. The standard InChI is InChI=1S/C19H21ClN2O4S/c1-13-17(19(20)22(21-13)16-10-11-27(24,25)12-16)8-9-18(23)26-14(2)15-6-4-3-5-7-15/h3-9,14,16H,10-12H2,1-2H3/b9-8+/t14-,16-/m0/s1. The highest BCUT2D eigenvalue weighted by atomic mass is 35.5. The van der Waals surface area contributed by atoms with Gasteiger partial charge >= 0.3 is 5.97 Å². The zero-order valence-corrected chi connectivity index (χ0v) is 16.7. The molecular formula is C19H21ClN2O4S. The van der Waals surface area contributed by atoms with E-state index in [9.17, 15) is 13.2 Å². The second-order valence-electron chi connectivity index (χ2n) is 6.61. The van der Waals surface area contributed by atoms with Crippen molar-refractivity contribution in [2.45, 2.75) is 32.4 Å². The predicted octanol–water partition coefficient (Wildman–Crippen LogP) is 3.52. The largest absolute Gasteiger partial charge is 0.455 e. The third kappa shape index (κ3) is 4.59. The Morgan fingerprint density at radius 1 is 1.37 bits per heavy atom. The van der Waals surface area contributed by atoms with E-state index in [-0.39, 0.29) is 23.7 Å². The number of carbonyl (C=O) groups is 1. The number of benzene rings is 1. The van der Waals surface area contributed by atoms with Gasteiger partial charge < -0.3 is 4.74 Å². The minimum absolute atomic E-state index is 0.0353. The van der Waals surface area contributed by atoms with Gasteiger partial charge in [-0.1, -0.05) is 41.9 Å². The Kier molecular flexibility index (Phi) is 5.72. The van der Waals surface area contributed by atoms with Gasteiger partial charge in [0.15, 0.2) is 9.84 Å². The second kappa shape index (κ2) is 7.86. The average Bonchev–Trinajstić information content (AvgIpc) is 3.12. The summed E-state index contributed by atoms with van der Waals surface area (Å²) in [6.07, 6.45) is 2.99. The van der Waals surface area contributed by atoms with Crippen molar-refractivity contribution in [1.29, 1.82) is 0 Å². The van der Waals surface area contributed by atoms with Crippen molar-refractivity contribution < 1.29 is 17.9 Å². The van der Waals surface area contributed by atoms with Crippen molar-refractivity contribution >= 4 is 33.5 Å². The summed E-state index contributed by atoms with van der Waals surface area (Å²) < 4.78 is 30.3. The molecule has 0 aliphatic carbocycles.